The van der Waals surface area contributed by atoms with Crippen LogP contribution in [0.4, 0.5) is 0 Å². The first kappa shape index (κ1) is 13.1. The second kappa shape index (κ2) is 6.55. The highest BCUT2D eigenvalue weighted by Crippen LogP contribution is 2.14. The molecular weight excluding hydrogens is 248 g/mol. The minimum atomic E-state index is -0.0288. The second-order valence-electron chi connectivity index (χ2n) is 4.07. The highest BCUT2D eigenvalue weighted by molar-refractivity contribution is 7.10. The molecule has 1 fully saturated rings. The number of thiophene rings is 1. The van der Waals surface area contributed by atoms with Crippen molar-refractivity contribution in [2.45, 2.75) is 18.9 Å². The molecule has 0 unspecified atom stereocenters. The van der Waals surface area contributed by atoms with Gasteiger partial charge >= 0.3 is 0 Å². The van der Waals surface area contributed by atoms with Crippen molar-refractivity contribution in [3.63, 3.8) is 0 Å². The Morgan fingerprint density at radius 1 is 1.56 bits per heavy atom. The van der Waals surface area contributed by atoms with Gasteiger partial charge in [0.1, 0.15) is 0 Å². The predicted octanol–water partition coefficient (Wildman–Crippen LogP) is 0.967. The van der Waals surface area contributed by atoms with Crippen LogP contribution in [0.2, 0.25) is 0 Å². The van der Waals surface area contributed by atoms with Crippen molar-refractivity contribution in [1.82, 2.24) is 5.32 Å². The Bertz CT molecular complexity index is 467. The van der Waals surface area contributed by atoms with Gasteiger partial charge in [0, 0.05) is 24.6 Å². The quantitative estimate of drug-likeness (QED) is 0.782. The topological polar surface area (TPSA) is 64.4 Å². The molecule has 0 aliphatic carbocycles. The van der Waals surface area contributed by atoms with Crippen molar-refractivity contribution in [3.05, 3.63) is 21.9 Å². The van der Waals surface area contributed by atoms with E-state index >= 15 is 0 Å². The molecule has 0 aromatic carbocycles. The molecule has 1 aromatic heterocycles. The Labute approximate surface area is 111 Å². The minimum absolute atomic E-state index is 0.0288. The van der Waals surface area contributed by atoms with Crippen LogP contribution in [0.3, 0.4) is 0 Å². The van der Waals surface area contributed by atoms with E-state index in [1.165, 1.54) is 11.3 Å². The lowest BCUT2D eigenvalue weighted by Crippen LogP contribution is -2.38. The fourth-order valence-corrected chi connectivity index (χ4v) is 2.52. The van der Waals surface area contributed by atoms with E-state index in [9.17, 15) is 4.79 Å². The molecule has 0 saturated carbocycles. The molecule has 5 heteroatoms. The van der Waals surface area contributed by atoms with Crippen molar-refractivity contribution in [2.24, 2.45) is 5.73 Å². The molecule has 1 saturated heterocycles. The van der Waals surface area contributed by atoms with Crippen LogP contribution < -0.4 is 11.1 Å². The number of rotatable bonds is 2. The Kier molecular flexibility index (Phi) is 4.76. The van der Waals surface area contributed by atoms with E-state index in [-0.39, 0.29) is 11.9 Å². The Morgan fingerprint density at radius 2 is 2.33 bits per heavy atom. The third kappa shape index (κ3) is 3.57. The average molecular weight is 264 g/mol. The number of nitrogens with two attached hydrogens (primary N) is 1. The van der Waals surface area contributed by atoms with E-state index in [1.807, 2.05) is 11.4 Å². The number of ether oxygens (including phenoxy) is 1. The first-order valence-corrected chi connectivity index (χ1v) is 6.83. The van der Waals surface area contributed by atoms with Crippen molar-refractivity contribution in [3.8, 4) is 11.8 Å². The molecule has 0 radical (unpaired) electrons. The molecule has 2 rings (SSSR count). The highest BCUT2D eigenvalue weighted by Gasteiger charge is 2.17. The maximum absolute atomic E-state index is 12.0. The fraction of sp³-hybridized carbons (Fsp3) is 0.462. The first-order valence-electron chi connectivity index (χ1n) is 5.95. The molecule has 2 heterocycles. The van der Waals surface area contributed by atoms with Gasteiger partial charge in [-0.3, -0.25) is 4.79 Å². The average Bonchev–Trinajstić information content (AvgIpc) is 2.86. The molecule has 1 aromatic rings. The van der Waals surface area contributed by atoms with Crippen LogP contribution in [0.15, 0.2) is 11.4 Å². The van der Waals surface area contributed by atoms with Crippen LogP contribution in [-0.4, -0.2) is 31.7 Å². The fourth-order valence-electron chi connectivity index (χ4n) is 1.77. The van der Waals surface area contributed by atoms with E-state index in [0.29, 0.717) is 12.1 Å². The molecule has 1 aliphatic heterocycles. The van der Waals surface area contributed by atoms with Gasteiger partial charge in [-0.1, -0.05) is 11.8 Å². The third-order valence-corrected chi connectivity index (χ3v) is 3.58. The Hall–Kier alpha value is -1.35. The number of carbonyl (C=O) groups excluding carboxylic acids is 1. The zero-order chi connectivity index (χ0) is 12.8. The summed E-state index contributed by atoms with van der Waals surface area (Å²) < 4.78 is 5.26. The summed E-state index contributed by atoms with van der Waals surface area (Å²) in [5.41, 5.74) is 5.98. The van der Waals surface area contributed by atoms with Crippen LogP contribution >= 0.6 is 11.3 Å². The number of carbonyl (C=O) groups is 1. The normalized spacial score (nSPS) is 15.8. The molecule has 4 nitrogen and oxygen atoms in total. The minimum Gasteiger partial charge on any atom is -0.381 e. The zero-order valence-corrected chi connectivity index (χ0v) is 10.9. The maximum atomic E-state index is 12.0. The molecule has 96 valence electrons. The zero-order valence-electron chi connectivity index (χ0n) is 10.1. The van der Waals surface area contributed by atoms with Gasteiger partial charge < -0.3 is 15.8 Å². The number of hydrogen-bond acceptors (Lipinski definition) is 4. The Morgan fingerprint density at radius 3 is 3.06 bits per heavy atom. The number of amides is 1. The Balaban J connectivity index is 1.93. The standard InChI is InChI=1S/C13H16N2O2S/c14-5-1-2-12-8-10(9-18-12)13(16)15-11-3-6-17-7-4-11/h8-9,11H,3-7,14H2,(H,15,16). The third-order valence-electron chi connectivity index (χ3n) is 2.73. The lowest BCUT2D eigenvalue weighted by Gasteiger charge is -2.22. The first-order chi connectivity index (χ1) is 8.79. The molecule has 18 heavy (non-hydrogen) atoms. The molecule has 1 amide bonds. The molecule has 0 bridgehead atoms. The molecule has 0 spiro atoms. The maximum Gasteiger partial charge on any atom is 0.252 e. The van der Waals surface area contributed by atoms with Crippen LogP contribution in [0.5, 0.6) is 0 Å². The summed E-state index contributed by atoms with van der Waals surface area (Å²) in [4.78, 5) is 12.9. The van der Waals surface area contributed by atoms with Gasteiger partial charge in [-0.25, -0.2) is 0 Å². The van der Waals surface area contributed by atoms with Gasteiger partial charge in [0.2, 0.25) is 0 Å². The van der Waals surface area contributed by atoms with Crippen molar-refractivity contribution in [2.75, 3.05) is 19.8 Å². The van der Waals surface area contributed by atoms with Crippen LogP contribution in [0.1, 0.15) is 28.1 Å². The predicted molar refractivity (Wildman–Crippen MR) is 71.6 cm³/mol. The van der Waals surface area contributed by atoms with Gasteiger partial charge in [0.25, 0.3) is 5.91 Å². The summed E-state index contributed by atoms with van der Waals surface area (Å²) in [7, 11) is 0. The van der Waals surface area contributed by atoms with E-state index in [1.54, 1.807) is 0 Å². The lowest BCUT2D eigenvalue weighted by atomic mass is 10.1. The van der Waals surface area contributed by atoms with E-state index in [4.69, 9.17) is 10.5 Å². The summed E-state index contributed by atoms with van der Waals surface area (Å²) in [5.74, 6) is 5.68. The molecule has 3 N–H and O–H groups in total. The van der Waals surface area contributed by atoms with Gasteiger partial charge in [-0.15, -0.1) is 11.3 Å². The summed E-state index contributed by atoms with van der Waals surface area (Å²) in [6.45, 7) is 1.78. The van der Waals surface area contributed by atoms with Gasteiger partial charge in [0.05, 0.1) is 17.0 Å². The summed E-state index contributed by atoms with van der Waals surface area (Å²) in [6, 6.07) is 2.03. The van der Waals surface area contributed by atoms with Crippen molar-refractivity contribution in [1.29, 1.82) is 0 Å². The SMILES string of the molecule is NCC#Cc1cc(C(=O)NC2CCOCC2)cs1. The second-order valence-corrected chi connectivity index (χ2v) is 4.98. The molecular formula is C13H16N2O2S. The number of hydrogen-bond donors (Lipinski definition) is 2. The smallest absolute Gasteiger partial charge is 0.252 e. The lowest BCUT2D eigenvalue weighted by molar-refractivity contribution is 0.0696. The van der Waals surface area contributed by atoms with Crippen LogP contribution in [0, 0.1) is 11.8 Å². The van der Waals surface area contributed by atoms with Gasteiger partial charge in [-0.2, -0.15) is 0 Å². The van der Waals surface area contributed by atoms with E-state index < -0.39 is 0 Å². The van der Waals surface area contributed by atoms with Gasteiger partial charge in [0.15, 0.2) is 0 Å². The van der Waals surface area contributed by atoms with Crippen LogP contribution in [-0.2, 0) is 4.74 Å². The monoisotopic (exact) mass is 264 g/mol. The highest BCUT2D eigenvalue weighted by atomic mass is 32.1. The summed E-state index contributed by atoms with van der Waals surface area (Å²) in [6.07, 6.45) is 1.77. The van der Waals surface area contributed by atoms with Crippen molar-refractivity contribution < 1.29 is 9.53 Å². The van der Waals surface area contributed by atoms with E-state index in [2.05, 4.69) is 17.2 Å². The number of nitrogens with one attached hydrogen (secondary N) is 1. The van der Waals surface area contributed by atoms with Gasteiger partial charge in [-0.05, 0) is 18.9 Å². The van der Waals surface area contributed by atoms with Crippen LogP contribution in [0.25, 0.3) is 0 Å². The molecule has 1 aliphatic rings. The van der Waals surface area contributed by atoms with Crippen molar-refractivity contribution >= 4 is 17.2 Å². The molecule has 0 atom stereocenters. The summed E-state index contributed by atoms with van der Waals surface area (Å²) >= 11 is 1.47. The summed E-state index contributed by atoms with van der Waals surface area (Å²) in [5, 5.41) is 4.85. The van der Waals surface area contributed by atoms with E-state index in [0.717, 1.165) is 30.9 Å². The largest absolute Gasteiger partial charge is 0.381 e.